The van der Waals surface area contributed by atoms with E-state index in [-0.39, 0.29) is 11.7 Å². The number of aryl methyl sites for hydroxylation is 1. The van der Waals surface area contributed by atoms with Gasteiger partial charge in [-0.25, -0.2) is 14.6 Å². The van der Waals surface area contributed by atoms with Crippen molar-refractivity contribution in [1.29, 1.82) is 0 Å². The average Bonchev–Trinajstić information content (AvgIpc) is 3.18. The van der Waals surface area contributed by atoms with Crippen molar-refractivity contribution in [2.24, 2.45) is 13.0 Å². The zero-order valence-electron chi connectivity index (χ0n) is 16.7. The molecule has 2 aromatic heterocycles. The molecule has 0 saturated carbocycles. The van der Waals surface area contributed by atoms with Crippen molar-refractivity contribution in [3.05, 3.63) is 30.2 Å². The molecule has 1 aliphatic rings. The Balaban J connectivity index is 1.65. The third-order valence-corrected chi connectivity index (χ3v) is 5.25. The summed E-state index contributed by atoms with van der Waals surface area (Å²) >= 11 is 0. The highest BCUT2D eigenvalue weighted by atomic mass is 19.4. The monoisotopic (exact) mass is 434 g/mol. The van der Waals surface area contributed by atoms with Crippen LogP contribution in [0.15, 0.2) is 24.4 Å². The molecule has 1 atom stereocenters. The normalized spacial score (nSPS) is 16.4. The van der Waals surface area contributed by atoms with E-state index in [0.29, 0.717) is 48.2 Å². The summed E-state index contributed by atoms with van der Waals surface area (Å²) in [6, 6.07) is 3.84. The predicted molar refractivity (Wildman–Crippen MR) is 104 cm³/mol. The van der Waals surface area contributed by atoms with Crippen molar-refractivity contribution < 1.29 is 18.0 Å². The summed E-state index contributed by atoms with van der Waals surface area (Å²) < 4.78 is 41.2. The van der Waals surface area contributed by atoms with Crippen LogP contribution in [-0.4, -0.2) is 55.3 Å². The fourth-order valence-corrected chi connectivity index (χ4v) is 3.63. The highest BCUT2D eigenvalue weighted by Crippen LogP contribution is 2.30. The molecule has 1 fully saturated rings. The van der Waals surface area contributed by atoms with E-state index in [1.807, 2.05) is 0 Å². The molecule has 1 unspecified atom stereocenters. The highest BCUT2D eigenvalue weighted by Gasteiger charge is 2.36. The van der Waals surface area contributed by atoms with E-state index >= 15 is 0 Å². The Labute approximate surface area is 175 Å². The molecule has 0 bridgehead atoms. The zero-order chi connectivity index (χ0) is 22.0. The number of rotatable bonds is 5. The number of alkyl halides is 3. The van der Waals surface area contributed by atoms with Crippen LogP contribution >= 0.6 is 0 Å². The summed E-state index contributed by atoms with van der Waals surface area (Å²) in [5, 5.41) is 17.6. The van der Waals surface area contributed by atoms with Crippen molar-refractivity contribution in [2.75, 3.05) is 13.1 Å². The van der Waals surface area contributed by atoms with E-state index < -0.39 is 24.5 Å². The third-order valence-electron chi connectivity index (χ3n) is 5.25. The van der Waals surface area contributed by atoms with E-state index in [1.165, 1.54) is 10.9 Å². The maximum Gasteiger partial charge on any atom is 0.391 e. The van der Waals surface area contributed by atoms with Crippen LogP contribution in [0.3, 0.4) is 0 Å². The third kappa shape index (κ3) is 4.95. The molecule has 0 spiro atoms. The van der Waals surface area contributed by atoms with Crippen LogP contribution in [0.4, 0.5) is 13.2 Å². The number of amides is 1. The second-order valence-corrected chi connectivity index (χ2v) is 7.53. The van der Waals surface area contributed by atoms with Crippen LogP contribution < -0.4 is 10.6 Å². The minimum Gasteiger partial charge on any atom is -0.345 e. The number of aromatic nitrogens is 6. The van der Waals surface area contributed by atoms with E-state index in [4.69, 9.17) is 0 Å². The maximum atomic E-state index is 13.3. The van der Waals surface area contributed by atoms with Gasteiger partial charge in [-0.3, -0.25) is 4.79 Å². The van der Waals surface area contributed by atoms with Gasteiger partial charge in [-0.05, 0) is 42.4 Å². The molecular formula is C19H21F3N8O. The molecule has 0 radical (unpaired) electrons. The van der Waals surface area contributed by atoms with Gasteiger partial charge in [0.2, 0.25) is 5.91 Å². The largest absolute Gasteiger partial charge is 0.391 e. The van der Waals surface area contributed by atoms with Crippen molar-refractivity contribution in [2.45, 2.75) is 31.5 Å². The summed E-state index contributed by atoms with van der Waals surface area (Å²) in [4.78, 5) is 21.0. The summed E-state index contributed by atoms with van der Waals surface area (Å²) in [6.07, 6.45) is -3.12. The van der Waals surface area contributed by atoms with Gasteiger partial charge in [-0.15, -0.1) is 5.10 Å². The van der Waals surface area contributed by atoms with Crippen LogP contribution in [0, 0.1) is 5.92 Å². The van der Waals surface area contributed by atoms with Gasteiger partial charge in [0.15, 0.2) is 11.6 Å². The Kier molecular flexibility index (Phi) is 5.81. The minimum absolute atomic E-state index is 0.0830. The number of hydrogen-bond acceptors (Lipinski definition) is 7. The Bertz CT molecular complexity index is 1080. The maximum absolute atomic E-state index is 13.3. The van der Waals surface area contributed by atoms with Crippen molar-refractivity contribution in [1.82, 2.24) is 40.8 Å². The number of hydrogen-bond donors (Lipinski definition) is 2. The lowest BCUT2D eigenvalue weighted by Gasteiger charge is -2.25. The molecule has 1 aromatic carbocycles. The van der Waals surface area contributed by atoms with E-state index in [2.05, 4.69) is 36.1 Å². The summed E-state index contributed by atoms with van der Waals surface area (Å²) in [7, 11) is 1.68. The van der Waals surface area contributed by atoms with Gasteiger partial charge in [0, 0.05) is 30.1 Å². The minimum atomic E-state index is -4.49. The summed E-state index contributed by atoms with van der Waals surface area (Å²) in [6.45, 7) is 1.32. The number of nitrogens with one attached hydrogen (secondary N) is 2. The Morgan fingerprint density at radius 2 is 2.10 bits per heavy atom. The molecule has 3 aromatic rings. The number of piperidine rings is 1. The van der Waals surface area contributed by atoms with Crippen LogP contribution in [-0.2, 0) is 11.8 Å². The highest BCUT2D eigenvalue weighted by molar-refractivity contribution is 5.82. The molecular weight excluding hydrogens is 413 g/mol. The fraction of sp³-hybridized carbons (Fsp3) is 0.474. The first-order chi connectivity index (χ1) is 14.8. The van der Waals surface area contributed by atoms with Gasteiger partial charge in [0.1, 0.15) is 0 Å². The number of nitrogens with zero attached hydrogens (tertiary/aromatic N) is 6. The molecule has 1 amide bonds. The van der Waals surface area contributed by atoms with Gasteiger partial charge in [-0.1, -0.05) is 12.1 Å². The van der Waals surface area contributed by atoms with Crippen molar-refractivity contribution >= 4 is 16.8 Å². The number of fused-ring (bicyclic) bond motifs is 1. The van der Waals surface area contributed by atoms with Crippen molar-refractivity contribution in [3.63, 3.8) is 0 Å². The molecule has 3 heterocycles. The van der Waals surface area contributed by atoms with Gasteiger partial charge < -0.3 is 10.6 Å². The van der Waals surface area contributed by atoms with Crippen LogP contribution in [0.5, 0.6) is 0 Å². The van der Waals surface area contributed by atoms with Crippen LogP contribution in [0.25, 0.3) is 22.3 Å². The average molecular weight is 434 g/mol. The molecule has 31 heavy (non-hydrogen) atoms. The zero-order valence-corrected chi connectivity index (χ0v) is 16.7. The van der Waals surface area contributed by atoms with Gasteiger partial charge >= 0.3 is 6.18 Å². The number of benzene rings is 1. The van der Waals surface area contributed by atoms with E-state index in [0.717, 1.165) is 0 Å². The second-order valence-electron chi connectivity index (χ2n) is 7.53. The lowest BCUT2D eigenvalue weighted by molar-refractivity contribution is -0.144. The molecule has 1 saturated heterocycles. The predicted octanol–water partition coefficient (Wildman–Crippen LogP) is 1.93. The van der Waals surface area contributed by atoms with E-state index in [1.54, 1.807) is 25.2 Å². The number of carbonyl (C=O) groups is 1. The molecule has 2 N–H and O–H groups in total. The quantitative estimate of drug-likeness (QED) is 0.631. The first-order valence-electron chi connectivity index (χ1n) is 9.87. The van der Waals surface area contributed by atoms with Crippen LogP contribution in [0.1, 0.15) is 31.1 Å². The standard InChI is InChI=1S/C19H21F3N8O/c1-30-17(27-28-29-30)12-2-3-13-10-24-16(25-14(13)8-12)15(9-19(20,21)22)26-18(31)11-4-6-23-7-5-11/h2-3,8,10-11,15,23H,4-7,9H2,1H3,(H,26,31). The Hall–Kier alpha value is -3.15. The lowest BCUT2D eigenvalue weighted by atomic mass is 9.96. The molecule has 0 aliphatic carbocycles. The summed E-state index contributed by atoms with van der Waals surface area (Å²) in [5.74, 6) is -0.320. The molecule has 1 aliphatic heterocycles. The van der Waals surface area contributed by atoms with Crippen molar-refractivity contribution in [3.8, 4) is 11.4 Å². The number of tetrazole rings is 1. The second kappa shape index (κ2) is 8.53. The van der Waals surface area contributed by atoms with Gasteiger partial charge in [-0.2, -0.15) is 13.2 Å². The molecule has 12 heteroatoms. The first kappa shape index (κ1) is 21.1. The Morgan fingerprint density at radius 1 is 1.32 bits per heavy atom. The smallest absolute Gasteiger partial charge is 0.345 e. The molecule has 164 valence electrons. The van der Waals surface area contributed by atoms with Gasteiger partial charge in [0.25, 0.3) is 0 Å². The number of carbonyl (C=O) groups excluding carboxylic acids is 1. The molecule has 4 rings (SSSR count). The fourth-order valence-electron chi connectivity index (χ4n) is 3.63. The van der Waals surface area contributed by atoms with Gasteiger partial charge in [0.05, 0.1) is 18.0 Å². The number of halogens is 3. The first-order valence-corrected chi connectivity index (χ1v) is 9.87. The Morgan fingerprint density at radius 3 is 2.77 bits per heavy atom. The van der Waals surface area contributed by atoms with E-state index in [9.17, 15) is 18.0 Å². The van der Waals surface area contributed by atoms with Crippen LogP contribution in [0.2, 0.25) is 0 Å². The topological polar surface area (TPSA) is 111 Å². The molecule has 9 nitrogen and oxygen atoms in total. The summed E-state index contributed by atoms with van der Waals surface area (Å²) in [5.41, 5.74) is 1.10. The lowest BCUT2D eigenvalue weighted by Crippen LogP contribution is -2.41. The SMILES string of the molecule is Cn1nnnc1-c1ccc2cnc(C(CC(F)(F)F)NC(=O)C3CCNCC3)nc2c1.